The largest absolute Gasteiger partial charge is 0.381 e. The van der Waals surface area contributed by atoms with Crippen molar-refractivity contribution in [3.8, 4) is 0 Å². The minimum atomic E-state index is 0. The zero-order valence-electron chi connectivity index (χ0n) is 19.2. The van der Waals surface area contributed by atoms with Gasteiger partial charge in [0.15, 0.2) is 5.96 Å². The first kappa shape index (κ1) is 26.4. The molecule has 2 unspecified atom stereocenters. The van der Waals surface area contributed by atoms with Crippen LogP contribution in [0.1, 0.15) is 51.5 Å². The van der Waals surface area contributed by atoms with Crippen molar-refractivity contribution in [1.29, 1.82) is 0 Å². The van der Waals surface area contributed by atoms with E-state index in [0.717, 1.165) is 84.1 Å². The van der Waals surface area contributed by atoms with E-state index in [9.17, 15) is 0 Å². The minimum Gasteiger partial charge on any atom is -0.381 e. The Morgan fingerprint density at radius 1 is 1.19 bits per heavy atom. The molecule has 2 fully saturated rings. The number of guanidine groups is 1. The third kappa shape index (κ3) is 9.63. The van der Waals surface area contributed by atoms with Gasteiger partial charge in [-0.1, -0.05) is 30.3 Å². The van der Waals surface area contributed by atoms with E-state index >= 15 is 0 Å². The molecule has 2 N–H and O–H groups in total. The highest BCUT2D eigenvalue weighted by Gasteiger charge is 2.26. The van der Waals surface area contributed by atoms with Crippen molar-refractivity contribution < 1.29 is 9.47 Å². The van der Waals surface area contributed by atoms with E-state index in [4.69, 9.17) is 14.5 Å². The molecule has 0 radical (unpaired) electrons. The van der Waals surface area contributed by atoms with Crippen LogP contribution in [0.2, 0.25) is 0 Å². The van der Waals surface area contributed by atoms with Crippen molar-refractivity contribution in [3.05, 3.63) is 35.9 Å². The predicted molar refractivity (Wildman–Crippen MR) is 138 cm³/mol. The number of nitrogens with one attached hydrogen (secondary N) is 2. The molecule has 1 aromatic carbocycles. The van der Waals surface area contributed by atoms with Gasteiger partial charge in [-0.3, -0.25) is 9.89 Å². The van der Waals surface area contributed by atoms with Crippen molar-refractivity contribution in [2.24, 2.45) is 4.99 Å². The van der Waals surface area contributed by atoms with E-state index < -0.39 is 0 Å². The Hall–Kier alpha value is -0.900. The Bertz CT molecular complexity index is 625. The average Bonchev–Trinajstić information content (AvgIpc) is 2.77. The zero-order valence-corrected chi connectivity index (χ0v) is 21.6. The molecule has 176 valence electrons. The minimum absolute atomic E-state index is 0. The summed E-state index contributed by atoms with van der Waals surface area (Å²) < 4.78 is 11.3. The van der Waals surface area contributed by atoms with Crippen molar-refractivity contribution in [2.45, 2.75) is 70.7 Å². The lowest BCUT2D eigenvalue weighted by atomic mass is 9.97. The Labute approximate surface area is 205 Å². The van der Waals surface area contributed by atoms with Gasteiger partial charge in [0.2, 0.25) is 0 Å². The lowest BCUT2D eigenvalue weighted by molar-refractivity contribution is -0.0318. The second kappa shape index (κ2) is 15.0. The highest BCUT2D eigenvalue weighted by atomic mass is 127. The van der Waals surface area contributed by atoms with Gasteiger partial charge in [0, 0.05) is 58.1 Å². The summed E-state index contributed by atoms with van der Waals surface area (Å²) in [6.45, 7) is 10.7. The van der Waals surface area contributed by atoms with Crippen LogP contribution in [0.3, 0.4) is 0 Å². The molecule has 0 aromatic heterocycles. The summed E-state index contributed by atoms with van der Waals surface area (Å²) >= 11 is 0. The Balaban J connectivity index is 0.00000341. The van der Waals surface area contributed by atoms with Crippen LogP contribution in [0.5, 0.6) is 0 Å². The summed E-state index contributed by atoms with van der Waals surface area (Å²) in [4.78, 5) is 7.37. The molecule has 2 aliphatic heterocycles. The van der Waals surface area contributed by atoms with Crippen LogP contribution in [0.15, 0.2) is 35.3 Å². The molecule has 0 amide bonds. The maximum absolute atomic E-state index is 5.95. The highest BCUT2D eigenvalue weighted by molar-refractivity contribution is 14.0. The number of benzene rings is 1. The molecule has 0 spiro atoms. The lowest BCUT2D eigenvalue weighted by Crippen LogP contribution is -2.51. The molecule has 6 nitrogen and oxygen atoms in total. The van der Waals surface area contributed by atoms with Crippen molar-refractivity contribution in [3.63, 3.8) is 0 Å². The fourth-order valence-corrected chi connectivity index (χ4v) is 4.27. The Kier molecular flexibility index (Phi) is 12.8. The van der Waals surface area contributed by atoms with Crippen LogP contribution in [-0.4, -0.2) is 68.5 Å². The fourth-order valence-electron chi connectivity index (χ4n) is 4.27. The van der Waals surface area contributed by atoms with Crippen LogP contribution in [0.4, 0.5) is 0 Å². The van der Waals surface area contributed by atoms with E-state index in [1.54, 1.807) is 0 Å². The highest BCUT2D eigenvalue weighted by Crippen LogP contribution is 2.20. The number of hydrogen-bond donors (Lipinski definition) is 2. The molecule has 0 bridgehead atoms. The van der Waals surface area contributed by atoms with E-state index in [1.165, 1.54) is 5.56 Å². The lowest BCUT2D eigenvalue weighted by Gasteiger charge is -2.38. The number of likely N-dealkylation sites (tertiary alicyclic amines) is 1. The van der Waals surface area contributed by atoms with Crippen molar-refractivity contribution in [2.75, 3.05) is 39.5 Å². The summed E-state index contributed by atoms with van der Waals surface area (Å²) in [6, 6.07) is 11.8. The quantitative estimate of drug-likeness (QED) is 0.215. The number of hydrogen-bond acceptors (Lipinski definition) is 4. The van der Waals surface area contributed by atoms with Crippen LogP contribution >= 0.6 is 24.0 Å². The first-order valence-electron chi connectivity index (χ1n) is 11.8. The second-order valence-electron chi connectivity index (χ2n) is 8.47. The number of nitrogens with zero attached hydrogens (tertiary/aromatic N) is 2. The van der Waals surface area contributed by atoms with Gasteiger partial charge in [0.1, 0.15) is 0 Å². The number of piperidine rings is 1. The maximum atomic E-state index is 5.95. The molecule has 2 saturated heterocycles. The van der Waals surface area contributed by atoms with Gasteiger partial charge in [-0.25, -0.2) is 0 Å². The Morgan fingerprint density at radius 2 is 1.97 bits per heavy atom. The molecule has 2 atom stereocenters. The Morgan fingerprint density at radius 3 is 2.68 bits per heavy atom. The first-order valence-corrected chi connectivity index (χ1v) is 11.8. The van der Waals surface area contributed by atoms with Crippen LogP contribution < -0.4 is 10.6 Å². The van der Waals surface area contributed by atoms with Gasteiger partial charge in [-0.05, 0) is 51.5 Å². The smallest absolute Gasteiger partial charge is 0.191 e. The number of aliphatic imine (C=N–C) groups is 1. The van der Waals surface area contributed by atoms with Gasteiger partial charge >= 0.3 is 0 Å². The topological polar surface area (TPSA) is 58.1 Å². The van der Waals surface area contributed by atoms with Crippen molar-refractivity contribution in [1.82, 2.24) is 15.5 Å². The number of rotatable bonds is 9. The molecule has 0 aliphatic carbocycles. The molecular formula is C24H41IN4O2. The summed E-state index contributed by atoms with van der Waals surface area (Å²) in [6.07, 6.45) is 5.67. The van der Waals surface area contributed by atoms with E-state index in [0.29, 0.717) is 18.2 Å². The predicted octanol–water partition coefficient (Wildman–Crippen LogP) is 3.80. The van der Waals surface area contributed by atoms with E-state index in [1.807, 2.05) is 0 Å². The van der Waals surface area contributed by atoms with Crippen LogP contribution in [-0.2, 0) is 16.0 Å². The van der Waals surface area contributed by atoms with Gasteiger partial charge < -0.3 is 20.1 Å². The third-order valence-electron chi connectivity index (χ3n) is 6.02. The molecular weight excluding hydrogens is 503 g/mol. The van der Waals surface area contributed by atoms with Crippen molar-refractivity contribution >= 4 is 29.9 Å². The zero-order chi connectivity index (χ0) is 21.0. The third-order valence-corrected chi connectivity index (χ3v) is 6.02. The summed E-state index contributed by atoms with van der Waals surface area (Å²) in [7, 11) is 0. The molecule has 2 aliphatic rings. The van der Waals surface area contributed by atoms with E-state index in [2.05, 4.69) is 59.7 Å². The summed E-state index contributed by atoms with van der Waals surface area (Å²) in [5.74, 6) is 0.942. The van der Waals surface area contributed by atoms with Crippen LogP contribution in [0, 0.1) is 0 Å². The molecule has 1 aromatic rings. The fraction of sp³-hybridized carbons (Fsp3) is 0.708. The maximum Gasteiger partial charge on any atom is 0.191 e. The monoisotopic (exact) mass is 544 g/mol. The normalized spacial score (nSPS) is 23.2. The van der Waals surface area contributed by atoms with E-state index in [-0.39, 0.29) is 24.0 Å². The second-order valence-corrected chi connectivity index (χ2v) is 8.47. The van der Waals surface area contributed by atoms with Gasteiger partial charge in [0.25, 0.3) is 0 Å². The summed E-state index contributed by atoms with van der Waals surface area (Å²) in [5, 5.41) is 7.07. The number of ether oxygens (including phenoxy) is 2. The van der Waals surface area contributed by atoms with Crippen LogP contribution in [0.25, 0.3) is 0 Å². The molecule has 2 heterocycles. The average molecular weight is 545 g/mol. The molecule has 0 saturated carbocycles. The number of halogens is 1. The standard InChI is InChI=1S/C24H40N4O2.HI/c1-3-25-24(26-13-7-15-30-23-11-16-29-17-12-23)27-22-10-14-28(20(2)18-22)19-21-8-5-4-6-9-21;/h4-6,8-9,20,22-23H,3,7,10-19H2,1-2H3,(H2,25,26,27);1H. The summed E-state index contributed by atoms with van der Waals surface area (Å²) in [5.41, 5.74) is 1.40. The van der Waals surface area contributed by atoms with Gasteiger partial charge in [-0.2, -0.15) is 0 Å². The molecule has 7 heteroatoms. The SMILES string of the molecule is CCNC(=NCCCOC1CCOCC1)NC1CCN(Cc2ccccc2)C(C)C1.I. The van der Waals surface area contributed by atoms with Gasteiger partial charge in [0.05, 0.1) is 6.10 Å². The molecule has 3 rings (SSSR count). The first-order chi connectivity index (χ1) is 14.7. The molecule has 31 heavy (non-hydrogen) atoms. The van der Waals surface area contributed by atoms with Gasteiger partial charge in [-0.15, -0.1) is 24.0 Å².